The molecule has 0 aliphatic heterocycles. The maximum Gasteiger partial charge on any atom is 0.240 e. The summed E-state index contributed by atoms with van der Waals surface area (Å²) in [5.74, 6) is 0. The molecule has 1 aliphatic rings. The molecule has 4 nitrogen and oxygen atoms in total. The van der Waals surface area contributed by atoms with Gasteiger partial charge in [0.15, 0.2) is 0 Å². The summed E-state index contributed by atoms with van der Waals surface area (Å²) in [7, 11) is -1.66. The third kappa shape index (κ3) is 3.52. The van der Waals surface area contributed by atoms with Gasteiger partial charge in [-0.25, -0.2) is 13.1 Å². The predicted octanol–water partition coefficient (Wildman–Crippen LogP) is 2.53. The molecule has 20 heavy (non-hydrogen) atoms. The molecule has 2 rings (SSSR count). The van der Waals surface area contributed by atoms with E-state index in [9.17, 15) is 8.42 Å². The van der Waals surface area contributed by atoms with E-state index in [1.54, 1.807) is 25.2 Å². The number of nitrogens with one attached hydrogen (secondary N) is 2. The van der Waals surface area contributed by atoms with Gasteiger partial charge in [0, 0.05) is 18.1 Å². The summed E-state index contributed by atoms with van der Waals surface area (Å²) in [6.45, 7) is 3.16. The zero-order valence-electron chi connectivity index (χ0n) is 11.9. The van der Waals surface area contributed by atoms with E-state index in [2.05, 4.69) is 17.0 Å². The van der Waals surface area contributed by atoms with Gasteiger partial charge in [-0.05, 0) is 49.1 Å². The molecule has 1 aromatic carbocycles. The lowest BCUT2D eigenvalue weighted by Crippen LogP contribution is -2.39. The summed E-state index contributed by atoms with van der Waals surface area (Å²) >= 11 is 6.05. The molecule has 0 unspecified atom stereocenters. The first-order valence-electron chi connectivity index (χ1n) is 6.79. The van der Waals surface area contributed by atoms with Crippen molar-refractivity contribution in [1.29, 1.82) is 0 Å². The van der Waals surface area contributed by atoms with E-state index in [1.807, 2.05) is 0 Å². The van der Waals surface area contributed by atoms with Crippen LogP contribution in [0.15, 0.2) is 23.1 Å². The highest BCUT2D eigenvalue weighted by Gasteiger charge is 2.33. The van der Waals surface area contributed by atoms with Crippen LogP contribution in [0.2, 0.25) is 5.02 Å². The molecule has 112 valence electrons. The first-order chi connectivity index (χ1) is 9.36. The van der Waals surface area contributed by atoms with Gasteiger partial charge in [0.05, 0.1) is 4.90 Å². The van der Waals surface area contributed by atoms with Crippen molar-refractivity contribution in [3.05, 3.63) is 28.8 Å². The molecule has 6 heteroatoms. The second-order valence-corrected chi connectivity index (χ2v) is 7.95. The number of benzene rings is 1. The molecule has 1 aromatic rings. The van der Waals surface area contributed by atoms with Gasteiger partial charge in [-0.2, -0.15) is 0 Å². The molecule has 0 radical (unpaired) electrons. The lowest BCUT2D eigenvalue weighted by molar-refractivity contribution is 0.166. The van der Waals surface area contributed by atoms with Crippen LogP contribution in [0, 0.1) is 5.41 Å². The molecule has 0 spiro atoms. The minimum atomic E-state index is -3.46. The predicted molar refractivity (Wildman–Crippen MR) is 81.4 cm³/mol. The Labute approximate surface area is 126 Å². The second kappa shape index (κ2) is 6.02. The van der Waals surface area contributed by atoms with Gasteiger partial charge < -0.3 is 5.32 Å². The molecular formula is C14H21ClN2O2S. The molecule has 0 atom stereocenters. The van der Waals surface area contributed by atoms with E-state index >= 15 is 0 Å². The fraction of sp³-hybridized carbons (Fsp3) is 0.571. The molecule has 0 saturated heterocycles. The van der Waals surface area contributed by atoms with Crippen LogP contribution in [0.3, 0.4) is 0 Å². The van der Waals surface area contributed by atoms with E-state index in [4.69, 9.17) is 11.6 Å². The largest absolute Gasteiger partial charge is 0.316 e. The number of sulfonamides is 1. The van der Waals surface area contributed by atoms with Gasteiger partial charge >= 0.3 is 0 Å². The zero-order valence-corrected chi connectivity index (χ0v) is 13.4. The van der Waals surface area contributed by atoms with Crippen LogP contribution in [0.1, 0.15) is 31.7 Å². The zero-order chi connectivity index (χ0) is 14.8. The smallest absolute Gasteiger partial charge is 0.240 e. The Kier molecular flexibility index (Phi) is 4.74. The molecular weight excluding hydrogens is 296 g/mol. The Bertz CT molecular complexity index is 583. The molecule has 1 aliphatic carbocycles. The third-order valence-corrected chi connectivity index (χ3v) is 5.71. The molecule has 0 amide bonds. The highest BCUT2D eigenvalue weighted by Crippen LogP contribution is 2.39. The van der Waals surface area contributed by atoms with Crippen molar-refractivity contribution < 1.29 is 8.42 Å². The van der Waals surface area contributed by atoms with Crippen molar-refractivity contribution in [2.75, 3.05) is 13.6 Å². The van der Waals surface area contributed by atoms with Crippen molar-refractivity contribution in [3.8, 4) is 0 Å². The van der Waals surface area contributed by atoms with Gasteiger partial charge in [0.2, 0.25) is 10.0 Å². The Morgan fingerprint density at radius 1 is 1.35 bits per heavy atom. The molecule has 0 aromatic heterocycles. The Balaban J connectivity index is 2.14. The van der Waals surface area contributed by atoms with E-state index in [-0.39, 0.29) is 10.3 Å². The summed E-state index contributed by atoms with van der Waals surface area (Å²) in [5.41, 5.74) is 0.903. The maximum absolute atomic E-state index is 12.3. The van der Waals surface area contributed by atoms with Crippen LogP contribution in [0.4, 0.5) is 0 Å². The number of hydrogen-bond donors (Lipinski definition) is 2. The average Bonchev–Trinajstić information content (AvgIpc) is 2.37. The molecule has 1 saturated carbocycles. The fourth-order valence-electron chi connectivity index (χ4n) is 2.35. The van der Waals surface area contributed by atoms with Crippen LogP contribution >= 0.6 is 11.6 Å². The molecule has 2 N–H and O–H groups in total. The van der Waals surface area contributed by atoms with E-state index in [0.29, 0.717) is 18.1 Å². The van der Waals surface area contributed by atoms with Crippen molar-refractivity contribution in [2.45, 2.75) is 37.6 Å². The van der Waals surface area contributed by atoms with Gasteiger partial charge in [-0.3, -0.25) is 0 Å². The highest BCUT2D eigenvalue weighted by atomic mass is 35.5. The van der Waals surface area contributed by atoms with E-state index < -0.39 is 10.0 Å². The van der Waals surface area contributed by atoms with Crippen LogP contribution in [0.25, 0.3) is 0 Å². The summed E-state index contributed by atoms with van der Waals surface area (Å²) in [6.07, 6.45) is 3.35. The second-order valence-electron chi connectivity index (χ2n) is 5.77. The van der Waals surface area contributed by atoms with Crippen molar-refractivity contribution in [3.63, 3.8) is 0 Å². The van der Waals surface area contributed by atoms with Crippen LogP contribution in [0.5, 0.6) is 0 Å². The Morgan fingerprint density at radius 2 is 2.05 bits per heavy atom. The summed E-state index contributed by atoms with van der Waals surface area (Å²) in [6, 6.07) is 4.81. The lowest BCUT2D eigenvalue weighted by atomic mass is 9.71. The van der Waals surface area contributed by atoms with Gasteiger partial charge in [0.1, 0.15) is 0 Å². The summed E-state index contributed by atoms with van der Waals surface area (Å²) in [4.78, 5) is 0.273. The van der Waals surface area contributed by atoms with E-state index in [1.165, 1.54) is 6.42 Å². The Morgan fingerprint density at radius 3 is 2.60 bits per heavy atom. The van der Waals surface area contributed by atoms with Crippen molar-refractivity contribution >= 4 is 21.6 Å². The summed E-state index contributed by atoms with van der Waals surface area (Å²) in [5, 5.41) is 3.55. The lowest BCUT2D eigenvalue weighted by Gasteiger charge is -2.38. The molecule has 1 fully saturated rings. The molecule has 0 bridgehead atoms. The molecule has 0 heterocycles. The van der Waals surface area contributed by atoms with Crippen LogP contribution in [-0.4, -0.2) is 22.0 Å². The fourth-order valence-corrected chi connectivity index (χ4v) is 3.79. The van der Waals surface area contributed by atoms with Crippen LogP contribution < -0.4 is 10.0 Å². The van der Waals surface area contributed by atoms with Gasteiger partial charge in [-0.1, -0.05) is 24.9 Å². The van der Waals surface area contributed by atoms with Crippen molar-refractivity contribution in [2.24, 2.45) is 5.41 Å². The topological polar surface area (TPSA) is 58.2 Å². The number of rotatable bonds is 6. The number of hydrogen-bond acceptors (Lipinski definition) is 3. The van der Waals surface area contributed by atoms with Gasteiger partial charge in [-0.15, -0.1) is 0 Å². The standard InChI is InChI=1S/C14H21ClN2O2S/c1-14(6-3-7-14)10-17-20(18,19)12-4-5-13(15)11(8-12)9-16-2/h4-5,8,16-17H,3,6-7,9-10H2,1-2H3. The minimum Gasteiger partial charge on any atom is -0.316 e. The monoisotopic (exact) mass is 316 g/mol. The SMILES string of the molecule is CNCc1cc(S(=O)(=O)NCC2(C)CCC2)ccc1Cl. The first kappa shape index (κ1) is 15.8. The first-order valence-corrected chi connectivity index (χ1v) is 8.65. The number of halogens is 1. The van der Waals surface area contributed by atoms with Crippen molar-refractivity contribution in [1.82, 2.24) is 10.0 Å². The minimum absolute atomic E-state index is 0.118. The van der Waals surface area contributed by atoms with E-state index in [0.717, 1.165) is 18.4 Å². The Hall–Kier alpha value is -0.620. The quantitative estimate of drug-likeness (QED) is 0.848. The van der Waals surface area contributed by atoms with Gasteiger partial charge in [0.25, 0.3) is 0 Å². The highest BCUT2D eigenvalue weighted by molar-refractivity contribution is 7.89. The normalized spacial score (nSPS) is 17.8. The third-order valence-electron chi connectivity index (χ3n) is 3.94. The summed E-state index contributed by atoms with van der Waals surface area (Å²) < 4.78 is 27.3. The maximum atomic E-state index is 12.3. The average molecular weight is 317 g/mol. The van der Waals surface area contributed by atoms with Crippen LogP contribution in [-0.2, 0) is 16.6 Å².